The van der Waals surface area contributed by atoms with Gasteiger partial charge in [-0.15, -0.1) is 11.8 Å². The van der Waals surface area contributed by atoms with E-state index in [1.165, 1.54) is 31.3 Å². The lowest BCUT2D eigenvalue weighted by Gasteiger charge is -2.05. The smallest absolute Gasteiger partial charge is 0.271 e. The van der Waals surface area contributed by atoms with Crippen molar-refractivity contribution in [2.24, 2.45) is 7.05 Å². The second-order valence-corrected chi connectivity index (χ2v) is 5.76. The van der Waals surface area contributed by atoms with E-state index < -0.39 is 0 Å². The number of aryl methyl sites for hydroxylation is 1. The predicted octanol–water partition coefficient (Wildman–Crippen LogP) is 1.83. The van der Waals surface area contributed by atoms with Crippen LogP contribution < -0.4 is 10.9 Å². The molecule has 0 aliphatic rings. The van der Waals surface area contributed by atoms with Gasteiger partial charge < -0.3 is 5.32 Å². The Balaban J connectivity index is 1.72. The lowest BCUT2D eigenvalue weighted by Crippen LogP contribution is -2.29. The topological polar surface area (TPSA) is 64.0 Å². The number of hydrogen-bond acceptors (Lipinski definition) is 4. The summed E-state index contributed by atoms with van der Waals surface area (Å²) < 4.78 is 13.9. The van der Waals surface area contributed by atoms with E-state index in [9.17, 15) is 14.0 Å². The normalized spacial score (nSPS) is 10.5. The summed E-state index contributed by atoms with van der Waals surface area (Å²) in [7, 11) is 1.50. The third-order valence-electron chi connectivity index (χ3n) is 2.88. The van der Waals surface area contributed by atoms with Crippen molar-refractivity contribution in [3.05, 3.63) is 58.3 Å². The molecule has 7 heteroatoms. The summed E-state index contributed by atoms with van der Waals surface area (Å²) >= 11 is 1.60. The molecule has 0 bridgehead atoms. The molecule has 0 spiro atoms. The fourth-order valence-electron chi connectivity index (χ4n) is 1.71. The third-order valence-corrected chi connectivity index (χ3v) is 3.98. The first-order chi connectivity index (χ1) is 10.6. The predicted molar refractivity (Wildman–Crippen MR) is 83.6 cm³/mol. The molecule has 0 unspecified atom stereocenters. The number of nitrogens with zero attached hydrogens (tertiary/aromatic N) is 2. The van der Waals surface area contributed by atoms with Crippen LogP contribution in [0.2, 0.25) is 0 Å². The lowest BCUT2D eigenvalue weighted by molar-refractivity contribution is 0.0946. The van der Waals surface area contributed by atoms with Crippen molar-refractivity contribution in [3.8, 4) is 0 Å². The zero-order valence-electron chi connectivity index (χ0n) is 12.1. The van der Waals surface area contributed by atoms with Crippen molar-refractivity contribution < 1.29 is 9.18 Å². The molecule has 1 N–H and O–H groups in total. The second kappa shape index (κ2) is 7.74. The fraction of sp³-hybridized carbons (Fsp3) is 0.267. The van der Waals surface area contributed by atoms with Crippen LogP contribution >= 0.6 is 11.8 Å². The minimum Gasteiger partial charge on any atom is -0.351 e. The van der Waals surface area contributed by atoms with Gasteiger partial charge in [0.2, 0.25) is 0 Å². The molecule has 116 valence electrons. The van der Waals surface area contributed by atoms with Gasteiger partial charge in [0.1, 0.15) is 11.5 Å². The zero-order chi connectivity index (χ0) is 15.9. The molecule has 22 heavy (non-hydrogen) atoms. The Bertz CT molecular complexity index is 701. The van der Waals surface area contributed by atoms with Gasteiger partial charge in [0.05, 0.1) is 0 Å². The molecular formula is C15H16FN3O2S. The first-order valence-corrected chi connectivity index (χ1v) is 7.76. The van der Waals surface area contributed by atoms with Crippen molar-refractivity contribution in [2.45, 2.75) is 11.3 Å². The van der Waals surface area contributed by atoms with Crippen LogP contribution in [-0.2, 0) is 7.05 Å². The van der Waals surface area contributed by atoms with Gasteiger partial charge >= 0.3 is 0 Å². The molecule has 0 atom stereocenters. The van der Waals surface area contributed by atoms with Gasteiger partial charge in [-0.05, 0) is 42.5 Å². The zero-order valence-corrected chi connectivity index (χ0v) is 12.9. The van der Waals surface area contributed by atoms with Crippen LogP contribution in [0.25, 0.3) is 0 Å². The molecule has 5 nitrogen and oxygen atoms in total. The fourth-order valence-corrected chi connectivity index (χ4v) is 2.56. The minimum absolute atomic E-state index is 0.216. The number of thioether (sulfide) groups is 1. The number of benzene rings is 1. The van der Waals surface area contributed by atoms with E-state index in [-0.39, 0.29) is 23.0 Å². The number of aromatic nitrogens is 2. The summed E-state index contributed by atoms with van der Waals surface area (Å²) in [6.45, 7) is 0.511. The molecule has 0 aliphatic carbocycles. The van der Waals surface area contributed by atoms with E-state index in [4.69, 9.17) is 0 Å². The largest absolute Gasteiger partial charge is 0.351 e. The number of halogens is 1. The third kappa shape index (κ3) is 4.70. The van der Waals surface area contributed by atoms with Gasteiger partial charge in [-0.1, -0.05) is 0 Å². The molecule has 0 aliphatic heterocycles. The molecule has 2 rings (SSSR count). The number of amides is 1. The Morgan fingerprint density at radius 1 is 1.27 bits per heavy atom. The van der Waals surface area contributed by atoms with Gasteiger partial charge in [-0.3, -0.25) is 9.59 Å². The number of carbonyl (C=O) groups is 1. The molecule has 1 aromatic heterocycles. The molecule has 0 saturated carbocycles. The molecule has 0 fully saturated rings. The number of rotatable bonds is 6. The van der Waals surface area contributed by atoms with Crippen LogP contribution in [0.15, 0.2) is 46.1 Å². The first-order valence-electron chi connectivity index (χ1n) is 6.77. The quantitative estimate of drug-likeness (QED) is 0.651. The molecule has 1 amide bonds. The van der Waals surface area contributed by atoms with Crippen LogP contribution in [0, 0.1) is 5.82 Å². The average Bonchev–Trinajstić information content (AvgIpc) is 2.51. The average molecular weight is 321 g/mol. The summed E-state index contributed by atoms with van der Waals surface area (Å²) in [5.74, 6) is 0.260. The maximum atomic E-state index is 12.7. The first kappa shape index (κ1) is 16.2. The Morgan fingerprint density at radius 2 is 2.00 bits per heavy atom. The Morgan fingerprint density at radius 3 is 2.68 bits per heavy atom. The maximum Gasteiger partial charge on any atom is 0.271 e. The molecule has 0 radical (unpaired) electrons. The summed E-state index contributed by atoms with van der Waals surface area (Å²) in [6, 6.07) is 9.03. The maximum absolute atomic E-state index is 12.7. The van der Waals surface area contributed by atoms with Gasteiger partial charge in [0.15, 0.2) is 0 Å². The van der Waals surface area contributed by atoms with Crippen LogP contribution in [0.3, 0.4) is 0 Å². The number of hydrogen-bond donors (Lipinski definition) is 1. The summed E-state index contributed by atoms with van der Waals surface area (Å²) in [5, 5.41) is 6.63. The van der Waals surface area contributed by atoms with Crippen molar-refractivity contribution in [2.75, 3.05) is 12.3 Å². The summed E-state index contributed by atoms with van der Waals surface area (Å²) in [5.41, 5.74) is -0.0412. The van der Waals surface area contributed by atoms with Crippen molar-refractivity contribution >= 4 is 17.7 Å². The molecular weight excluding hydrogens is 305 g/mol. The van der Waals surface area contributed by atoms with Crippen LogP contribution in [-0.4, -0.2) is 28.0 Å². The highest BCUT2D eigenvalue weighted by atomic mass is 32.2. The van der Waals surface area contributed by atoms with E-state index in [1.54, 1.807) is 23.9 Å². The highest BCUT2D eigenvalue weighted by Gasteiger charge is 2.07. The Hall–Kier alpha value is -2.15. The van der Waals surface area contributed by atoms with E-state index in [2.05, 4.69) is 10.4 Å². The highest BCUT2D eigenvalue weighted by molar-refractivity contribution is 7.99. The lowest BCUT2D eigenvalue weighted by atomic mass is 10.3. The second-order valence-electron chi connectivity index (χ2n) is 4.59. The van der Waals surface area contributed by atoms with Gasteiger partial charge in [0.25, 0.3) is 11.5 Å². The van der Waals surface area contributed by atoms with E-state index in [1.807, 2.05) is 0 Å². The summed E-state index contributed by atoms with van der Waals surface area (Å²) in [4.78, 5) is 24.0. The molecule has 1 heterocycles. The Kier molecular flexibility index (Phi) is 5.71. The van der Waals surface area contributed by atoms with E-state index >= 15 is 0 Å². The van der Waals surface area contributed by atoms with Gasteiger partial charge in [-0.2, -0.15) is 5.10 Å². The Labute approximate surface area is 131 Å². The standard InChI is InChI=1S/C15H16FN3O2S/c1-19-14(20)8-7-13(18-19)15(21)17-9-2-10-22-12-5-3-11(16)4-6-12/h3-8H,2,9-10H2,1H3,(H,17,21). The van der Waals surface area contributed by atoms with E-state index in [0.29, 0.717) is 6.54 Å². The number of carbonyl (C=O) groups excluding carboxylic acids is 1. The SMILES string of the molecule is Cn1nc(C(=O)NCCCSc2ccc(F)cc2)ccc1=O. The number of nitrogens with one attached hydrogen (secondary N) is 1. The molecule has 1 aromatic carbocycles. The summed E-state index contributed by atoms with van der Waals surface area (Å²) in [6.07, 6.45) is 0.777. The van der Waals surface area contributed by atoms with Crippen molar-refractivity contribution in [1.82, 2.24) is 15.1 Å². The molecule has 0 saturated heterocycles. The van der Waals surface area contributed by atoms with Gasteiger partial charge in [-0.25, -0.2) is 9.07 Å². The molecule has 2 aromatic rings. The van der Waals surface area contributed by atoms with Crippen molar-refractivity contribution in [3.63, 3.8) is 0 Å². The van der Waals surface area contributed by atoms with E-state index in [0.717, 1.165) is 21.8 Å². The van der Waals surface area contributed by atoms with Gasteiger partial charge in [0, 0.05) is 24.6 Å². The monoisotopic (exact) mass is 321 g/mol. The van der Waals surface area contributed by atoms with Crippen LogP contribution in [0.5, 0.6) is 0 Å². The minimum atomic E-state index is -0.303. The van der Waals surface area contributed by atoms with Crippen LogP contribution in [0.4, 0.5) is 4.39 Å². The van der Waals surface area contributed by atoms with Crippen LogP contribution in [0.1, 0.15) is 16.9 Å². The van der Waals surface area contributed by atoms with Crippen molar-refractivity contribution in [1.29, 1.82) is 0 Å². The highest BCUT2D eigenvalue weighted by Crippen LogP contribution is 2.18.